The first-order valence-electron chi connectivity index (χ1n) is 8.77. The number of benzene rings is 2. The zero-order valence-corrected chi connectivity index (χ0v) is 15.2. The Morgan fingerprint density at radius 2 is 1.58 bits per heavy atom. The molecule has 0 spiro atoms. The molecule has 0 aromatic heterocycles. The van der Waals surface area contributed by atoms with Crippen LogP contribution < -0.4 is 4.74 Å². The molecular weight excluding hydrogens is 328 g/mol. The van der Waals surface area contributed by atoms with Crippen molar-refractivity contribution in [2.75, 3.05) is 6.61 Å². The van der Waals surface area contributed by atoms with Gasteiger partial charge in [-0.15, -0.1) is 0 Å². The molecule has 0 amide bonds. The largest absolute Gasteiger partial charge is 0.463 e. The number of ether oxygens (including phenoxy) is 2. The third-order valence-corrected chi connectivity index (χ3v) is 3.71. The molecule has 26 heavy (non-hydrogen) atoms. The maximum atomic E-state index is 12.0. The van der Waals surface area contributed by atoms with Crippen LogP contribution in [-0.2, 0) is 14.3 Å². The number of hydrogen-bond acceptors (Lipinski definition) is 4. The Bertz CT molecular complexity index is 748. The Balaban J connectivity index is 1.91. The number of hydrogen-bond donors (Lipinski definition) is 0. The van der Waals surface area contributed by atoms with Gasteiger partial charge in [-0.25, -0.2) is 9.59 Å². The number of para-hydroxylation sites is 1. The van der Waals surface area contributed by atoms with Gasteiger partial charge in [-0.05, 0) is 30.4 Å². The van der Waals surface area contributed by atoms with Crippen molar-refractivity contribution in [1.82, 2.24) is 0 Å². The molecule has 0 saturated heterocycles. The molecule has 0 unspecified atom stereocenters. The van der Waals surface area contributed by atoms with E-state index in [0.717, 1.165) is 36.1 Å². The predicted octanol–water partition coefficient (Wildman–Crippen LogP) is 4.79. The fourth-order valence-corrected chi connectivity index (χ4v) is 2.40. The van der Waals surface area contributed by atoms with Gasteiger partial charge in [0.25, 0.3) is 0 Å². The summed E-state index contributed by atoms with van der Waals surface area (Å²) in [5, 5.41) is 0. The SMILES string of the molecule is CC(C)CCCOC(=O)/C=C/C(=O)Oc1ccccc1-c1ccccc1. The van der Waals surface area contributed by atoms with Crippen LogP contribution in [0.25, 0.3) is 11.1 Å². The molecule has 0 saturated carbocycles. The molecule has 136 valence electrons. The first-order chi connectivity index (χ1) is 12.6. The van der Waals surface area contributed by atoms with Crippen molar-refractivity contribution in [2.45, 2.75) is 26.7 Å². The number of rotatable bonds is 8. The van der Waals surface area contributed by atoms with Crippen molar-refractivity contribution >= 4 is 11.9 Å². The molecule has 0 fully saturated rings. The third-order valence-electron chi connectivity index (χ3n) is 3.71. The molecule has 4 nitrogen and oxygen atoms in total. The van der Waals surface area contributed by atoms with E-state index in [0.29, 0.717) is 18.3 Å². The van der Waals surface area contributed by atoms with E-state index in [4.69, 9.17) is 9.47 Å². The number of carbonyl (C=O) groups excluding carboxylic acids is 2. The Kier molecular flexibility index (Phi) is 7.62. The lowest BCUT2D eigenvalue weighted by atomic mass is 10.1. The zero-order chi connectivity index (χ0) is 18.8. The van der Waals surface area contributed by atoms with Crippen LogP contribution in [0, 0.1) is 5.92 Å². The second-order valence-corrected chi connectivity index (χ2v) is 6.32. The van der Waals surface area contributed by atoms with Crippen LogP contribution in [0.1, 0.15) is 26.7 Å². The lowest BCUT2D eigenvalue weighted by molar-refractivity contribution is -0.138. The summed E-state index contributed by atoms with van der Waals surface area (Å²) in [5.41, 5.74) is 1.76. The third kappa shape index (κ3) is 6.55. The summed E-state index contributed by atoms with van der Waals surface area (Å²) >= 11 is 0. The highest BCUT2D eigenvalue weighted by Gasteiger charge is 2.09. The molecule has 2 aromatic rings. The van der Waals surface area contributed by atoms with Gasteiger partial charge in [-0.3, -0.25) is 0 Å². The molecule has 4 heteroatoms. The van der Waals surface area contributed by atoms with Gasteiger partial charge in [0.2, 0.25) is 0 Å². The van der Waals surface area contributed by atoms with Gasteiger partial charge < -0.3 is 9.47 Å². The second kappa shape index (κ2) is 10.2. The van der Waals surface area contributed by atoms with E-state index in [9.17, 15) is 9.59 Å². The van der Waals surface area contributed by atoms with Crippen molar-refractivity contribution in [3.05, 3.63) is 66.7 Å². The monoisotopic (exact) mass is 352 g/mol. The maximum Gasteiger partial charge on any atom is 0.336 e. The normalized spacial score (nSPS) is 10.9. The molecule has 0 bridgehead atoms. The Morgan fingerprint density at radius 3 is 2.31 bits per heavy atom. The summed E-state index contributed by atoms with van der Waals surface area (Å²) < 4.78 is 10.4. The molecule has 0 N–H and O–H groups in total. The smallest absolute Gasteiger partial charge is 0.336 e. The predicted molar refractivity (Wildman–Crippen MR) is 102 cm³/mol. The first-order valence-corrected chi connectivity index (χ1v) is 8.77. The van der Waals surface area contributed by atoms with E-state index in [2.05, 4.69) is 13.8 Å². The fourth-order valence-electron chi connectivity index (χ4n) is 2.40. The van der Waals surface area contributed by atoms with E-state index >= 15 is 0 Å². The van der Waals surface area contributed by atoms with Gasteiger partial charge in [-0.1, -0.05) is 62.4 Å². The van der Waals surface area contributed by atoms with Gasteiger partial charge in [-0.2, -0.15) is 0 Å². The van der Waals surface area contributed by atoms with Crippen LogP contribution in [0.15, 0.2) is 66.7 Å². The minimum absolute atomic E-state index is 0.354. The van der Waals surface area contributed by atoms with Gasteiger partial charge in [0.05, 0.1) is 6.61 Å². The van der Waals surface area contributed by atoms with Crippen LogP contribution in [0.5, 0.6) is 5.75 Å². The van der Waals surface area contributed by atoms with Crippen molar-refractivity contribution in [2.24, 2.45) is 5.92 Å². The van der Waals surface area contributed by atoms with Crippen molar-refractivity contribution in [3.8, 4) is 16.9 Å². The van der Waals surface area contributed by atoms with E-state index in [1.165, 1.54) is 0 Å². The standard InChI is InChI=1S/C22H24O4/c1-17(2)9-8-16-25-21(23)14-15-22(24)26-20-13-7-6-12-19(20)18-10-4-3-5-11-18/h3-7,10-15,17H,8-9,16H2,1-2H3/b15-14+. The highest BCUT2D eigenvalue weighted by molar-refractivity contribution is 5.93. The summed E-state index contributed by atoms with van der Waals surface area (Å²) in [5.74, 6) is -0.142. The summed E-state index contributed by atoms with van der Waals surface area (Å²) in [7, 11) is 0. The minimum Gasteiger partial charge on any atom is -0.463 e. The van der Waals surface area contributed by atoms with Gasteiger partial charge >= 0.3 is 11.9 Å². The molecule has 0 aliphatic heterocycles. The fraction of sp³-hybridized carbons (Fsp3) is 0.273. The highest BCUT2D eigenvalue weighted by Crippen LogP contribution is 2.29. The van der Waals surface area contributed by atoms with Crippen LogP contribution in [0.3, 0.4) is 0 Å². The molecule has 0 aliphatic rings. The van der Waals surface area contributed by atoms with Gasteiger partial charge in [0.1, 0.15) is 5.75 Å². The lowest BCUT2D eigenvalue weighted by Crippen LogP contribution is -2.08. The average molecular weight is 352 g/mol. The Morgan fingerprint density at radius 1 is 0.923 bits per heavy atom. The van der Waals surface area contributed by atoms with Crippen LogP contribution in [0.2, 0.25) is 0 Å². The van der Waals surface area contributed by atoms with E-state index < -0.39 is 11.9 Å². The molecule has 0 atom stereocenters. The summed E-state index contributed by atoms with van der Waals surface area (Å²) in [6, 6.07) is 16.9. The summed E-state index contributed by atoms with van der Waals surface area (Å²) in [4.78, 5) is 23.6. The molecule has 0 aliphatic carbocycles. The highest BCUT2D eigenvalue weighted by atomic mass is 16.5. The molecule has 0 heterocycles. The quantitative estimate of drug-likeness (QED) is 0.296. The van der Waals surface area contributed by atoms with Crippen molar-refractivity contribution in [1.29, 1.82) is 0 Å². The molecule has 0 radical (unpaired) electrons. The summed E-state index contributed by atoms with van der Waals surface area (Å²) in [6.45, 7) is 4.59. The Hall–Kier alpha value is -2.88. The number of carbonyl (C=O) groups is 2. The van der Waals surface area contributed by atoms with Crippen LogP contribution in [-0.4, -0.2) is 18.5 Å². The van der Waals surface area contributed by atoms with E-state index in [-0.39, 0.29) is 0 Å². The zero-order valence-electron chi connectivity index (χ0n) is 15.2. The lowest BCUT2D eigenvalue weighted by Gasteiger charge is -2.08. The topological polar surface area (TPSA) is 52.6 Å². The number of esters is 2. The summed E-state index contributed by atoms with van der Waals surface area (Å²) in [6.07, 6.45) is 4.00. The molecular formula is C22H24O4. The average Bonchev–Trinajstić information content (AvgIpc) is 2.64. The van der Waals surface area contributed by atoms with Gasteiger partial charge in [0, 0.05) is 17.7 Å². The van der Waals surface area contributed by atoms with Gasteiger partial charge in [0.15, 0.2) is 0 Å². The maximum absolute atomic E-state index is 12.0. The first kappa shape index (κ1) is 19.4. The van der Waals surface area contributed by atoms with Crippen LogP contribution in [0.4, 0.5) is 0 Å². The van der Waals surface area contributed by atoms with Crippen molar-refractivity contribution < 1.29 is 19.1 Å². The van der Waals surface area contributed by atoms with E-state index in [1.54, 1.807) is 12.1 Å². The molecule has 2 rings (SSSR count). The molecule has 2 aromatic carbocycles. The Labute approximate surface area is 154 Å². The van der Waals surface area contributed by atoms with Crippen molar-refractivity contribution in [3.63, 3.8) is 0 Å². The van der Waals surface area contributed by atoms with Crippen LogP contribution >= 0.6 is 0 Å². The van der Waals surface area contributed by atoms with E-state index in [1.807, 2.05) is 42.5 Å². The minimum atomic E-state index is -0.618. The second-order valence-electron chi connectivity index (χ2n) is 6.32.